The first-order valence-corrected chi connectivity index (χ1v) is 6.55. The summed E-state index contributed by atoms with van der Waals surface area (Å²) < 4.78 is 27.9. The minimum atomic E-state index is -0.658. The zero-order valence-corrected chi connectivity index (χ0v) is 12.2. The summed E-state index contributed by atoms with van der Waals surface area (Å²) in [7, 11) is 0. The molecule has 0 saturated heterocycles. The van der Waals surface area contributed by atoms with Gasteiger partial charge in [-0.3, -0.25) is 4.79 Å². The van der Waals surface area contributed by atoms with E-state index in [0.717, 1.165) is 6.07 Å². The highest BCUT2D eigenvalue weighted by atomic mass is 19.1. The van der Waals surface area contributed by atoms with Gasteiger partial charge in [0, 0.05) is 36.1 Å². The van der Waals surface area contributed by atoms with Gasteiger partial charge in [0.1, 0.15) is 11.6 Å². The van der Waals surface area contributed by atoms with Gasteiger partial charge in [-0.15, -0.1) is 0 Å². The molecule has 2 aromatic rings. The molecule has 0 aliphatic rings. The maximum absolute atomic E-state index is 13.5. The summed E-state index contributed by atoms with van der Waals surface area (Å²) in [5.74, 6) is -1.16. The van der Waals surface area contributed by atoms with Gasteiger partial charge in [-0.2, -0.15) is 0 Å². The van der Waals surface area contributed by atoms with E-state index in [9.17, 15) is 13.6 Å². The van der Waals surface area contributed by atoms with Crippen molar-refractivity contribution >= 4 is 5.82 Å². The van der Waals surface area contributed by atoms with E-state index in [1.165, 1.54) is 18.3 Å². The molecular formula is C15H17F2N3O. The lowest BCUT2D eigenvalue weighted by atomic mass is 10.1. The zero-order chi connectivity index (χ0) is 15.6. The molecule has 21 heavy (non-hydrogen) atoms. The smallest absolute Gasteiger partial charge is 0.293 e. The van der Waals surface area contributed by atoms with Gasteiger partial charge in [0.15, 0.2) is 5.82 Å². The van der Waals surface area contributed by atoms with E-state index in [0.29, 0.717) is 0 Å². The molecule has 0 aliphatic carbocycles. The summed E-state index contributed by atoms with van der Waals surface area (Å²) in [5.41, 5.74) is -0.395. The van der Waals surface area contributed by atoms with Crippen molar-refractivity contribution in [1.82, 2.24) is 9.55 Å². The van der Waals surface area contributed by atoms with E-state index < -0.39 is 11.6 Å². The molecule has 0 saturated carbocycles. The van der Waals surface area contributed by atoms with Crippen LogP contribution >= 0.6 is 0 Å². The molecule has 0 bridgehead atoms. The predicted molar refractivity (Wildman–Crippen MR) is 77.2 cm³/mol. The number of anilines is 1. The molecule has 0 amide bonds. The Bertz CT molecular complexity index is 705. The summed E-state index contributed by atoms with van der Waals surface area (Å²) in [6, 6.07) is 3.32. The van der Waals surface area contributed by atoms with Crippen LogP contribution in [0.1, 0.15) is 26.3 Å². The molecular weight excluding hydrogens is 276 g/mol. The first-order chi connectivity index (χ1) is 9.79. The summed E-state index contributed by atoms with van der Waals surface area (Å²) in [6.45, 7) is 5.76. The van der Waals surface area contributed by atoms with E-state index in [-0.39, 0.29) is 29.0 Å². The third-order valence-electron chi connectivity index (χ3n) is 3.02. The molecule has 1 aromatic carbocycles. The lowest BCUT2D eigenvalue weighted by Gasteiger charge is -2.22. The Hall–Kier alpha value is -2.24. The van der Waals surface area contributed by atoms with Gasteiger partial charge in [0.2, 0.25) is 0 Å². The van der Waals surface area contributed by atoms with E-state index in [1.807, 2.05) is 20.8 Å². The highest BCUT2D eigenvalue weighted by Crippen LogP contribution is 2.13. The fourth-order valence-electron chi connectivity index (χ4n) is 1.91. The number of rotatable bonds is 3. The van der Waals surface area contributed by atoms with Crippen LogP contribution in [-0.4, -0.2) is 9.55 Å². The van der Waals surface area contributed by atoms with Gasteiger partial charge < -0.3 is 9.88 Å². The van der Waals surface area contributed by atoms with Gasteiger partial charge >= 0.3 is 0 Å². The Balaban J connectivity index is 2.23. The highest BCUT2D eigenvalue weighted by molar-refractivity contribution is 5.33. The molecule has 4 nitrogen and oxygen atoms in total. The number of nitrogens with zero attached hydrogens (tertiary/aromatic N) is 2. The summed E-state index contributed by atoms with van der Waals surface area (Å²) >= 11 is 0. The van der Waals surface area contributed by atoms with Gasteiger partial charge in [-0.1, -0.05) is 6.07 Å². The van der Waals surface area contributed by atoms with Crippen LogP contribution in [0.4, 0.5) is 14.6 Å². The predicted octanol–water partition coefficient (Wildman–Crippen LogP) is 2.89. The quantitative estimate of drug-likeness (QED) is 0.946. The van der Waals surface area contributed by atoms with Crippen LogP contribution in [0.3, 0.4) is 0 Å². The summed E-state index contributed by atoms with van der Waals surface area (Å²) in [5, 5.41) is 2.80. The van der Waals surface area contributed by atoms with Crippen LogP contribution in [0, 0.1) is 11.6 Å². The van der Waals surface area contributed by atoms with Crippen LogP contribution in [0.5, 0.6) is 0 Å². The highest BCUT2D eigenvalue weighted by Gasteiger charge is 2.16. The fourth-order valence-corrected chi connectivity index (χ4v) is 1.91. The van der Waals surface area contributed by atoms with Crippen molar-refractivity contribution in [2.75, 3.05) is 5.32 Å². The number of halogens is 2. The lowest BCUT2D eigenvalue weighted by Crippen LogP contribution is -2.35. The number of hydrogen-bond donors (Lipinski definition) is 1. The first kappa shape index (κ1) is 15.2. The minimum absolute atomic E-state index is 0.0580. The SMILES string of the molecule is CC(C)(C)n1ccnc(NCc2ccc(F)cc2F)c1=O. The average Bonchev–Trinajstić information content (AvgIpc) is 2.38. The van der Waals surface area contributed by atoms with E-state index in [2.05, 4.69) is 10.3 Å². The number of aromatic nitrogens is 2. The van der Waals surface area contributed by atoms with Crippen LogP contribution in [0.15, 0.2) is 35.4 Å². The lowest BCUT2D eigenvalue weighted by molar-refractivity contribution is 0.383. The van der Waals surface area contributed by atoms with Crippen LogP contribution < -0.4 is 10.9 Å². The molecule has 0 spiro atoms. The molecule has 1 aromatic heterocycles. The largest absolute Gasteiger partial charge is 0.361 e. The second-order valence-corrected chi connectivity index (χ2v) is 5.71. The molecule has 1 N–H and O–H groups in total. The third-order valence-corrected chi connectivity index (χ3v) is 3.02. The number of nitrogens with one attached hydrogen (secondary N) is 1. The molecule has 0 unspecified atom stereocenters. The Labute approximate surface area is 121 Å². The van der Waals surface area contributed by atoms with Gasteiger partial charge in [-0.25, -0.2) is 13.8 Å². The minimum Gasteiger partial charge on any atom is -0.361 e. The van der Waals surface area contributed by atoms with Crippen molar-refractivity contribution < 1.29 is 8.78 Å². The Morgan fingerprint density at radius 2 is 2.00 bits per heavy atom. The fraction of sp³-hybridized carbons (Fsp3) is 0.333. The number of benzene rings is 1. The van der Waals surface area contributed by atoms with Gasteiger partial charge in [0.25, 0.3) is 5.56 Å². The topological polar surface area (TPSA) is 46.9 Å². The van der Waals surface area contributed by atoms with E-state index >= 15 is 0 Å². The van der Waals surface area contributed by atoms with Gasteiger partial charge in [0.05, 0.1) is 0 Å². The molecule has 0 fully saturated rings. The standard InChI is InChI=1S/C15H17F2N3O/c1-15(2,3)20-7-6-18-13(14(20)21)19-9-10-4-5-11(16)8-12(10)17/h4-8H,9H2,1-3H3,(H,18,19). The maximum atomic E-state index is 13.5. The molecule has 112 valence electrons. The second kappa shape index (κ2) is 5.63. The molecule has 1 heterocycles. The Morgan fingerprint density at radius 1 is 1.29 bits per heavy atom. The van der Waals surface area contributed by atoms with Crippen molar-refractivity contribution in [3.05, 3.63) is 58.1 Å². The van der Waals surface area contributed by atoms with Crippen LogP contribution in [0.25, 0.3) is 0 Å². The van der Waals surface area contributed by atoms with Crippen molar-refractivity contribution in [3.63, 3.8) is 0 Å². The molecule has 0 radical (unpaired) electrons. The first-order valence-electron chi connectivity index (χ1n) is 6.55. The Kier molecular flexibility index (Phi) is 4.06. The van der Waals surface area contributed by atoms with Crippen molar-refractivity contribution in [3.8, 4) is 0 Å². The van der Waals surface area contributed by atoms with Gasteiger partial charge in [-0.05, 0) is 26.8 Å². The Morgan fingerprint density at radius 3 is 2.62 bits per heavy atom. The molecule has 2 rings (SSSR count). The molecule has 0 atom stereocenters. The maximum Gasteiger partial charge on any atom is 0.293 e. The molecule has 6 heteroatoms. The van der Waals surface area contributed by atoms with E-state index in [1.54, 1.807) is 10.8 Å². The second-order valence-electron chi connectivity index (χ2n) is 5.71. The monoisotopic (exact) mass is 293 g/mol. The third kappa shape index (κ3) is 3.45. The summed E-state index contributed by atoms with van der Waals surface area (Å²) in [4.78, 5) is 16.2. The van der Waals surface area contributed by atoms with Crippen LogP contribution in [-0.2, 0) is 12.1 Å². The van der Waals surface area contributed by atoms with Crippen molar-refractivity contribution in [1.29, 1.82) is 0 Å². The normalized spacial score (nSPS) is 11.5. The number of hydrogen-bond acceptors (Lipinski definition) is 3. The zero-order valence-electron chi connectivity index (χ0n) is 12.2. The van der Waals surface area contributed by atoms with Crippen molar-refractivity contribution in [2.24, 2.45) is 0 Å². The average molecular weight is 293 g/mol. The van der Waals surface area contributed by atoms with Crippen LogP contribution in [0.2, 0.25) is 0 Å². The summed E-state index contributed by atoms with van der Waals surface area (Å²) in [6.07, 6.45) is 3.11. The van der Waals surface area contributed by atoms with Crippen molar-refractivity contribution in [2.45, 2.75) is 32.9 Å². The van der Waals surface area contributed by atoms with E-state index in [4.69, 9.17) is 0 Å². The molecule has 0 aliphatic heterocycles.